The van der Waals surface area contributed by atoms with Crippen LogP contribution >= 0.6 is 0 Å². The van der Waals surface area contributed by atoms with Gasteiger partial charge in [0, 0.05) is 11.1 Å². The van der Waals surface area contributed by atoms with Crippen LogP contribution < -0.4 is 4.72 Å². The number of fused-ring (bicyclic) bond motifs is 1. The highest BCUT2D eigenvalue weighted by molar-refractivity contribution is 7.90. The fraction of sp³-hybridized carbons (Fsp3) is 0.375. The Morgan fingerprint density at radius 1 is 1.00 bits per heavy atom. The molecule has 0 aromatic heterocycles. The highest BCUT2D eigenvalue weighted by atomic mass is 32.2. The van der Waals surface area contributed by atoms with Gasteiger partial charge in [0.05, 0.1) is 17.9 Å². The van der Waals surface area contributed by atoms with Crippen LogP contribution in [-0.4, -0.2) is 39.2 Å². The number of ether oxygens (including phenoxy) is 1. The first-order chi connectivity index (χ1) is 15.4. The molecular weight excluding hydrogens is 428 g/mol. The molecule has 2 aromatic carbocycles. The van der Waals surface area contributed by atoms with Crippen molar-refractivity contribution in [1.82, 2.24) is 4.72 Å². The van der Waals surface area contributed by atoms with E-state index in [9.17, 15) is 18.0 Å². The molecule has 0 radical (unpaired) electrons. The summed E-state index contributed by atoms with van der Waals surface area (Å²) < 4.78 is 31.6. The summed E-state index contributed by atoms with van der Waals surface area (Å²) in [6, 6.07) is 14.1. The van der Waals surface area contributed by atoms with E-state index in [-0.39, 0.29) is 36.1 Å². The highest BCUT2D eigenvalue weighted by Crippen LogP contribution is 2.32. The number of nitrogens with zero attached hydrogens (tertiary/aromatic N) is 1. The molecule has 1 heterocycles. The number of sulfonamides is 1. The molecule has 1 N–H and O–H groups in total. The molecule has 7 nitrogen and oxygen atoms in total. The lowest BCUT2D eigenvalue weighted by molar-refractivity contribution is -0.142. The molecule has 168 valence electrons. The third kappa shape index (κ3) is 5.07. The molecule has 0 bridgehead atoms. The van der Waals surface area contributed by atoms with Crippen LogP contribution in [0.4, 0.5) is 0 Å². The first-order valence-electron chi connectivity index (χ1n) is 10.9. The summed E-state index contributed by atoms with van der Waals surface area (Å²) in [7, 11) is -3.61. The molecule has 0 unspecified atom stereocenters. The smallest absolute Gasteiger partial charge is 0.308 e. The lowest BCUT2D eigenvalue weighted by Gasteiger charge is -2.22. The van der Waals surface area contributed by atoms with E-state index in [2.05, 4.69) is 9.71 Å². The second-order valence-corrected chi connectivity index (χ2v) is 9.77. The van der Waals surface area contributed by atoms with E-state index in [1.54, 1.807) is 30.3 Å². The number of carbonyl (C=O) groups is 2. The highest BCUT2D eigenvalue weighted by Gasteiger charge is 2.30. The maximum Gasteiger partial charge on any atom is 0.308 e. The van der Waals surface area contributed by atoms with E-state index in [0.717, 1.165) is 0 Å². The summed E-state index contributed by atoms with van der Waals surface area (Å²) in [6.45, 7) is -0.275. The van der Waals surface area contributed by atoms with Gasteiger partial charge in [-0.25, -0.2) is 8.42 Å². The van der Waals surface area contributed by atoms with Crippen molar-refractivity contribution in [3.8, 4) is 0 Å². The molecule has 1 aliphatic carbocycles. The van der Waals surface area contributed by atoms with Crippen LogP contribution in [0.5, 0.6) is 0 Å². The maximum atomic E-state index is 12.3. The largest absolute Gasteiger partial charge is 0.457 e. The van der Waals surface area contributed by atoms with Crippen molar-refractivity contribution >= 4 is 27.6 Å². The second-order valence-electron chi connectivity index (χ2n) is 8.12. The Kier molecular flexibility index (Phi) is 6.69. The van der Waals surface area contributed by atoms with Gasteiger partial charge in [-0.05, 0) is 36.5 Å². The first kappa shape index (κ1) is 22.2. The van der Waals surface area contributed by atoms with Crippen molar-refractivity contribution in [2.45, 2.75) is 49.3 Å². The molecule has 8 heteroatoms. The number of amidine groups is 1. The second kappa shape index (κ2) is 9.65. The fourth-order valence-electron chi connectivity index (χ4n) is 4.19. The van der Waals surface area contributed by atoms with Gasteiger partial charge in [-0.15, -0.1) is 0 Å². The molecule has 0 amide bonds. The number of carbonyl (C=O) groups excluding carboxylic acids is 2. The van der Waals surface area contributed by atoms with Crippen LogP contribution in [0.15, 0.2) is 58.4 Å². The monoisotopic (exact) mass is 454 g/mol. The molecule has 1 saturated carbocycles. The summed E-state index contributed by atoms with van der Waals surface area (Å²) in [6.07, 6.45) is 6.15. The minimum Gasteiger partial charge on any atom is -0.457 e. The minimum atomic E-state index is -3.61. The predicted molar refractivity (Wildman–Crippen MR) is 120 cm³/mol. The summed E-state index contributed by atoms with van der Waals surface area (Å²) in [5.41, 5.74) is 2.27. The van der Waals surface area contributed by atoms with Crippen LogP contribution in [0.1, 0.15) is 65.9 Å². The van der Waals surface area contributed by atoms with Gasteiger partial charge < -0.3 is 4.74 Å². The Bertz CT molecular complexity index is 1130. The molecule has 0 atom stereocenters. The SMILES string of the molecule is O=C(CCN=C1NS(=O)(=O)c2ccccc21)OCC(=O)c1ccc(C2CCCCC2)cc1. The summed E-state index contributed by atoms with van der Waals surface area (Å²) in [4.78, 5) is 28.7. The molecule has 32 heavy (non-hydrogen) atoms. The number of aliphatic imine (C=N–C) groups is 1. The Balaban J connectivity index is 1.25. The zero-order valence-corrected chi connectivity index (χ0v) is 18.6. The fourth-order valence-corrected chi connectivity index (χ4v) is 5.44. The normalized spacial score (nSPS) is 18.7. The zero-order valence-electron chi connectivity index (χ0n) is 17.7. The third-order valence-corrected chi connectivity index (χ3v) is 7.32. The van der Waals surface area contributed by atoms with Crippen molar-refractivity contribution in [2.75, 3.05) is 13.2 Å². The Morgan fingerprint density at radius 2 is 1.72 bits per heavy atom. The van der Waals surface area contributed by atoms with E-state index >= 15 is 0 Å². The van der Waals surface area contributed by atoms with E-state index < -0.39 is 16.0 Å². The van der Waals surface area contributed by atoms with Crippen LogP contribution in [-0.2, 0) is 19.6 Å². The van der Waals surface area contributed by atoms with Crippen LogP contribution in [0.25, 0.3) is 0 Å². The number of hydrogen-bond donors (Lipinski definition) is 1. The van der Waals surface area contributed by atoms with Gasteiger partial charge in [0.1, 0.15) is 5.84 Å². The van der Waals surface area contributed by atoms with E-state index in [1.807, 2.05) is 12.1 Å². The van der Waals surface area contributed by atoms with Gasteiger partial charge in [-0.1, -0.05) is 55.7 Å². The van der Waals surface area contributed by atoms with Crippen molar-refractivity contribution < 1.29 is 22.7 Å². The number of benzene rings is 2. The Morgan fingerprint density at radius 3 is 2.47 bits per heavy atom. The number of Topliss-reactive ketones (excluding diaryl/α,β-unsaturated/α-hetero) is 1. The van der Waals surface area contributed by atoms with Gasteiger partial charge in [-0.2, -0.15) is 0 Å². The van der Waals surface area contributed by atoms with E-state index in [1.165, 1.54) is 43.7 Å². The summed E-state index contributed by atoms with van der Waals surface area (Å²) >= 11 is 0. The molecule has 0 spiro atoms. The van der Waals surface area contributed by atoms with E-state index in [4.69, 9.17) is 4.74 Å². The van der Waals surface area contributed by atoms with Crippen LogP contribution in [0.3, 0.4) is 0 Å². The molecular formula is C24H26N2O5S. The number of hydrogen-bond acceptors (Lipinski definition) is 6. The average molecular weight is 455 g/mol. The molecule has 1 aliphatic heterocycles. The van der Waals surface area contributed by atoms with Crippen molar-refractivity contribution in [3.63, 3.8) is 0 Å². The number of ketones is 1. The predicted octanol–water partition coefficient (Wildman–Crippen LogP) is 3.59. The standard InChI is InChI=1S/C24H26N2O5S/c27-21(19-12-10-18(11-13-19)17-6-2-1-3-7-17)16-31-23(28)14-15-25-24-20-8-4-5-9-22(20)32(29,30)26-24/h4-5,8-13,17H,1-3,6-7,14-16H2,(H,25,26). The van der Waals surface area contributed by atoms with Gasteiger partial charge >= 0.3 is 5.97 Å². The number of nitrogens with one attached hydrogen (secondary N) is 1. The van der Waals surface area contributed by atoms with Gasteiger partial charge in [0.15, 0.2) is 12.4 Å². The van der Waals surface area contributed by atoms with Crippen molar-refractivity contribution in [1.29, 1.82) is 0 Å². The molecule has 0 saturated heterocycles. The number of rotatable bonds is 7. The third-order valence-electron chi connectivity index (χ3n) is 5.92. The topological polar surface area (TPSA) is 102 Å². The summed E-state index contributed by atoms with van der Waals surface area (Å²) in [5, 5.41) is 0. The van der Waals surface area contributed by atoms with Gasteiger partial charge in [0.25, 0.3) is 10.0 Å². The minimum absolute atomic E-state index is 0.0509. The summed E-state index contributed by atoms with van der Waals surface area (Å²) in [5.74, 6) is -0.0285. The quantitative estimate of drug-likeness (QED) is 0.509. The molecule has 2 aromatic rings. The molecule has 4 rings (SSSR count). The van der Waals surface area contributed by atoms with E-state index in [0.29, 0.717) is 17.0 Å². The average Bonchev–Trinajstić information content (AvgIpc) is 3.08. The lowest BCUT2D eigenvalue weighted by Crippen LogP contribution is -2.22. The molecule has 2 aliphatic rings. The molecule has 1 fully saturated rings. The van der Waals surface area contributed by atoms with Crippen LogP contribution in [0.2, 0.25) is 0 Å². The van der Waals surface area contributed by atoms with Crippen molar-refractivity contribution in [3.05, 3.63) is 65.2 Å². The maximum absolute atomic E-state index is 12.3. The zero-order chi connectivity index (χ0) is 22.6. The van der Waals surface area contributed by atoms with Crippen LogP contribution in [0, 0.1) is 0 Å². The number of esters is 1. The van der Waals surface area contributed by atoms with Gasteiger partial charge in [-0.3, -0.25) is 19.3 Å². The Hall–Kier alpha value is -3.00. The van der Waals surface area contributed by atoms with Gasteiger partial charge in [0.2, 0.25) is 0 Å². The Labute approximate surface area is 187 Å². The van der Waals surface area contributed by atoms with Crippen molar-refractivity contribution in [2.24, 2.45) is 4.99 Å². The lowest BCUT2D eigenvalue weighted by atomic mass is 9.84. The first-order valence-corrected chi connectivity index (χ1v) is 12.4.